The van der Waals surface area contributed by atoms with E-state index in [0.717, 1.165) is 36.6 Å². The zero-order valence-electron chi connectivity index (χ0n) is 15.5. The van der Waals surface area contributed by atoms with Gasteiger partial charge in [0.25, 0.3) is 5.91 Å². The first-order chi connectivity index (χ1) is 13.2. The molecule has 2 fully saturated rings. The van der Waals surface area contributed by atoms with Crippen LogP contribution in [-0.4, -0.2) is 52.2 Å². The Bertz CT molecular complexity index is 804. The molecule has 2 heterocycles. The van der Waals surface area contributed by atoms with E-state index in [1.165, 1.54) is 19.3 Å². The Labute approximate surface area is 158 Å². The molecule has 1 saturated heterocycles. The first-order valence-electron chi connectivity index (χ1n) is 10.00. The highest BCUT2D eigenvalue weighted by Gasteiger charge is 2.27. The predicted octanol–water partition coefficient (Wildman–Crippen LogP) is 2.80. The Kier molecular flexibility index (Phi) is 5.27. The molecule has 7 nitrogen and oxygen atoms in total. The van der Waals surface area contributed by atoms with Crippen molar-refractivity contribution < 1.29 is 9.59 Å². The second-order valence-electron chi connectivity index (χ2n) is 7.64. The number of piperidine rings is 1. The Hall–Kier alpha value is -2.57. The van der Waals surface area contributed by atoms with Crippen LogP contribution in [0.25, 0.3) is 10.9 Å². The van der Waals surface area contributed by atoms with Crippen molar-refractivity contribution >= 4 is 22.8 Å². The molecule has 1 aromatic heterocycles. The van der Waals surface area contributed by atoms with Gasteiger partial charge in [0, 0.05) is 30.6 Å². The number of hydrogen-bond acceptors (Lipinski definition) is 3. The number of hydrogen-bond donors (Lipinski definition) is 3. The van der Waals surface area contributed by atoms with E-state index in [4.69, 9.17) is 0 Å². The van der Waals surface area contributed by atoms with E-state index in [-0.39, 0.29) is 18.0 Å². The molecular formula is C20H27N5O2. The third-order valence-corrected chi connectivity index (χ3v) is 5.73. The van der Waals surface area contributed by atoms with Crippen molar-refractivity contribution in [2.45, 2.75) is 57.0 Å². The molecule has 0 atom stereocenters. The Morgan fingerprint density at radius 2 is 1.63 bits per heavy atom. The van der Waals surface area contributed by atoms with Gasteiger partial charge >= 0.3 is 6.03 Å². The number of benzene rings is 1. The maximum atomic E-state index is 12.8. The van der Waals surface area contributed by atoms with Crippen molar-refractivity contribution in [3.05, 3.63) is 30.0 Å². The third-order valence-electron chi connectivity index (χ3n) is 5.73. The minimum Gasteiger partial charge on any atom is -0.337 e. The minimum atomic E-state index is -0.0648. The fourth-order valence-corrected chi connectivity index (χ4v) is 4.16. The van der Waals surface area contributed by atoms with Gasteiger partial charge in [0.05, 0.1) is 5.52 Å². The molecule has 0 bridgehead atoms. The first-order valence-corrected chi connectivity index (χ1v) is 10.00. The lowest BCUT2D eigenvalue weighted by Crippen LogP contribution is -2.51. The van der Waals surface area contributed by atoms with Crippen LogP contribution in [-0.2, 0) is 0 Å². The molecule has 0 spiro atoms. The van der Waals surface area contributed by atoms with Gasteiger partial charge < -0.3 is 15.5 Å². The smallest absolute Gasteiger partial charge is 0.315 e. The first kappa shape index (κ1) is 17.8. The Morgan fingerprint density at radius 1 is 0.963 bits per heavy atom. The second-order valence-corrected chi connectivity index (χ2v) is 7.64. The van der Waals surface area contributed by atoms with Crippen LogP contribution in [0.1, 0.15) is 55.4 Å². The maximum absolute atomic E-state index is 12.8. The minimum absolute atomic E-state index is 0.0439. The topological polar surface area (TPSA) is 90.1 Å². The molecule has 2 aliphatic rings. The van der Waals surface area contributed by atoms with Gasteiger partial charge in [-0.25, -0.2) is 4.79 Å². The van der Waals surface area contributed by atoms with E-state index in [0.29, 0.717) is 24.8 Å². The number of para-hydroxylation sites is 1. The third kappa shape index (κ3) is 4.07. The molecule has 3 amide bonds. The molecule has 1 aliphatic heterocycles. The van der Waals surface area contributed by atoms with Crippen LogP contribution in [0.5, 0.6) is 0 Å². The van der Waals surface area contributed by atoms with Gasteiger partial charge in [-0.05, 0) is 31.7 Å². The number of H-pyrrole nitrogens is 1. The number of aromatic amines is 1. The van der Waals surface area contributed by atoms with E-state index in [2.05, 4.69) is 20.8 Å². The summed E-state index contributed by atoms with van der Waals surface area (Å²) in [5.41, 5.74) is 1.35. The monoisotopic (exact) mass is 369 g/mol. The lowest BCUT2D eigenvalue weighted by molar-refractivity contribution is 0.0704. The van der Waals surface area contributed by atoms with E-state index in [1.54, 1.807) is 0 Å². The van der Waals surface area contributed by atoms with Crippen LogP contribution < -0.4 is 10.6 Å². The van der Waals surface area contributed by atoms with Crippen molar-refractivity contribution in [2.75, 3.05) is 13.1 Å². The second kappa shape index (κ2) is 7.98. The summed E-state index contributed by atoms with van der Waals surface area (Å²) in [7, 11) is 0. The average molecular weight is 369 g/mol. The number of carbonyl (C=O) groups is 2. The van der Waals surface area contributed by atoms with Crippen molar-refractivity contribution in [3.8, 4) is 0 Å². The number of likely N-dealkylation sites (tertiary alicyclic amines) is 1. The number of amides is 3. The van der Waals surface area contributed by atoms with Crippen LogP contribution in [0.2, 0.25) is 0 Å². The van der Waals surface area contributed by atoms with Crippen LogP contribution in [0.3, 0.4) is 0 Å². The summed E-state index contributed by atoms with van der Waals surface area (Å²) < 4.78 is 0. The highest BCUT2D eigenvalue weighted by Crippen LogP contribution is 2.20. The molecule has 2 aromatic rings. The molecular weight excluding hydrogens is 342 g/mol. The van der Waals surface area contributed by atoms with E-state index < -0.39 is 0 Å². The van der Waals surface area contributed by atoms with Crippen LogP contribution in [0.15, 0.2) is 24.3 Å². The number of nitrogens with zero attached hydrogens (tertiary/aromatic N) is 2. The number of rotatable bonds is 3. The van der Waals surface area contributed by atoms with Gasteiger partial charge in [-0.1, -0.05) is 37.5 Å². The molecule has 0 radical (unpaired) electrons. The van der Waals surface area contributed by atoms with Crippen LogP contribution >= 0.6 is 0 Å². The van der Waals surface area contributed by atoms with Crippen LogP contribution in [0.4, 0.5) is 4.79 Å². The van der Waals surface area contributed by atoms with Crippen molar-refractivity contribution in [2.24, 2.45) is 0 Å². The number of urea groups is 1. The summed E-state index contributed by atoms with van der Waals surface area (Å²) in [5, 5.41) is 14.2. The van der Waals surface area contributed by atoms with Crippen LogP contribution in [0, 0.1) is 0 Å². The van der Waals surface area contributed by atoms with Gasteiger partial charge in [0.15, 0.2) is 5.69 Å². The summed E-state index contributed by atoms with van der Waals surface area (Å²) in [4.78, 5) is 26.9. The summed E-state index contributed by atoms with van der Waals surface area (Å²) in [6.45, 7) is 1.27. The fourth-order valence-electron chi connectivity index (χ4n) is 4.16. The summed E-state index contributed by atoms with van der Waals surface area (Å²) in [5.74, 6) is -0.0439. The number of fused-ring (bicyclic) bond motifs is 1. The highest BCUT2D eigenvalue weighted by molar-refractivity contribution is 6.04. The highest BCUT2D eigenvalue weighted by atomic mass is 16.2. The zero-order valence-corrected chi connectivity index (χ0v) is 15.5. The number of carbonyl (C=O) groups excluding carboxylic acids is 2. The van der Waals surface area contributed by atoms with E-state index >= 15 is 0 Å². The Balaban J connectivity index is 1.28. The molecule has 0 unspecified atom stereocenters. The number of nitrogens with one attached hydrogen (secondary N) is 3. The SMILES string of the molecule is O=C(NC1CCCCC1)NC1CCN(C(=O)c2n[nH]c3ccccc23)CC1. The standard InChI is InChI=1S/C20H27N5O2/c26-19(18-16-8-4-5-9-17(16)23-24-18)25-12-10-15(11-13-25)22-20(27)21-14-6-2-1-3-7-14/h4-5,8-9,14-15H,1-3,6-7,10-13H2,(H,23,24)(H2,21,22,27). The lowest BCUT2D eigenvalue weighted by atomic mass is 9.96. The molecule has 1 saturated carbocycles. The maximum Gasteiger partial charge on any atom is 0.315 e. The summed E-state index contributed by atoms with van der Waals surface area (Å²) >= 11 is 0. The van der Waals surface area contributed by atoms with Gasteiger partial charge in [0.2, 0.25) is 0 Å². The van der Waals surface area contributed by atoms with Gasteiger partial charge in [0.1, 0.15) is 0 Å². The molecule has 1 aliphatic carbocycles. The molecule has 144 valence electrons. The molecule has 3 N–H and O–H groups in total. The molecule has 4 rings (SSSR count). The lowest BCUT2D eigenvalue weighted by Gasteiger charge is -2.32. The van der Waals surface area contributed by atoms with Gasteiger partial charge in [-0.15, -0.1) is 0 Å². The zero-order chi connectivity index (χ0) is 18.6. The van der Waals surface area contributed by atoms with Crippen molar-refractivity contribution in [1.29, 1.82) is 0 Å². The fraction of sp³-hybridized carbons (Fsp3) is 0.550. The molecule has 27 heavy (non-hydrogen) atoms. The van der Waals surface area contributed by atoms with Gasteiger partial charge in [-0.2, -0.15) is 5.10 Å². The largest absolute Gasteiger partial charge is 0.337 e. The normalized spacial score (nSPS) is 19.2. The summed E-state index contributed by atoms with van der Waals surface area (Å²) in [6, 6.07) is 8.03. The molecule has 1 aromatic carbocycles. The van der Waals surface area contributed by atoms with Crippen molar-refractivity contribution in [1.82, 2.24) is 25.7 Å². The van der Waals surface area contributed by atoms with Gasteiger partial charge in [-0.3, -0.25) is 9.89 Å². The summed E-state index contributed by atoms with van der Waals surface area (Å²) in [6.07, 6.45) is 7.38. The van der Waals surface area contributed by atoms with E-state index in [1.807, 2.05) is 29.2 Å². The average Bonchev–Trinajstić information content (AvgIpc) is 3.13. The predicted molar refractivity (Wildman–Crippen MR) is 104 cm³/mol. The van der Waals surface area contributed by atoms with E-state index in [9.17, 15) is 9.59 Å². The Morgan fingerprint density at radius 3 is 2.37 bits per heavy atom. The van der Waals surface area contributed by atoms with Crippen molar-refractivity contribution in [3.63, 3.8) is 0 Å². The number of aromatic nitrogens is 2. The molecule has 7 heteroatoms. The quantitative estimate of drug-likeness (QED) is 0.777.